The SMILES string of the molecule is CC1=CC(N)=NC(C)CC1. The molecule has 0 fully saturated rings. The van der Waals surface area contributed by atoms with E-state index in [2.05, 4.69) is 18.8 Å². The van der Waals surface area contributed by atoms with Gasteiger partial charge in [-0.15, -0.1) is 0 Å². The molecule has 2 nitrogen and oxygen atoms in total. The van der Waals surface area contributed by atoms with Crippen LogP contribution in [-0.4, -0.2) is 11.9 Å². The predicted molar refractivity (Wildman–Crippen MR) is 44.1 cm³/mol. The standard InChI is InChI=1S/C8H14N2/c1-6-3-4-7(2)10-8(9)5-6/h5,7H,3-4H2,1-2H3,(H2,9,10). The highest BCUT2D eigenvalue weighted by Crippen LogP contribution is 2.12. The van der Waals surface area contributed by atoms with E-state index < -0.39 is 0 Å². The maximum atomic E-state index is 5.59. The predicted octanol–water partition coefficient (Wildman–Crippen LogP) is 1.47. The third-order valence-electron chi connectivity index (χ3n) is 1.72. The highest BCUT2D eigenvalue weighted by molar-refractivity contribution is 5.92. The molecular formula is C8H14N2. The van der Waals surface area contributed by atoms with Gasteiger partial charge in [-0.25, -0.2) is 0 Å². The third kappa shape index (κ3) is 1.87. The molecule has 1 unspecified atom stereocenters. The second-order valence-electron chi connectivity index (χ2n) is 2.93. The Morgan fingerprint density at radius 3 is 3.10 bits per heavy atom. The van der Waals surface area contributed by atoms with Crippen molar-refractivity contribution in [1.82, 2.24) is 0 Å². The van der Waals surface area contributed by atoms with E-state index in [0.717, 1.165) is 12.8 Å². The highest BCUT2D eigenvalue weighted by atomic mass is 14.9. The Hall–Kier alpha value is -0.790. The highest BCUT2D eigenvalue weighted by Gasteiger charge is 2.04. The molecule has 0 spiro atoms. The molecule has 0 amide bonds. The molecule has 0 saturated carbocycles. The number of amidine groups is 1. The Morgan fingerprint density at radius 1 is 1.70 bits per heavy atom. The van der Waals surface area contributed by atoms with E-state index >= 15 is 0 Å². The molecule has 1 heterocycles. The molecule has 56 valence electrons. The number of aliphatic imine (C=N–C) groups is 1. The summed E-state index contributed by atoms with van der Waals surface area (Å²) in [7, 11) is 0. The summed E-state index contributed by atoms with van der Waals surface area (Å²) in [5.41, 5.74) is 6.93. The zero-order valence-corrected chi connectivity index (χ0v) is 6.59. The van der Waals surface area contributed by atoms with E-state index in [-0.39, 0.29) is 0 Å². The minimum atomic E-state index is 0.397. The molecule has 1 rings (SSSR count). The van der Waals surface area contributed by atoms with E-state index in [1.54, 1.807) is 0 Å². The van der Waals surface area contributed by atoms with Gasteiger partial charge in [0.1, 0.15) is 5.84 Å². The second kappa shape index (κ2) is 2.86. The van der Waals surface area contributed by atoms with Gasteiger partial charge in [0.15, 0.2) is 0 Å². The van der Waals surface area contributed by atoms with Crippen molar-refractivity contribution < 1.29 is 0 Å². The molecular weight excluding hydrogens is 124 g/mol. The number of hydrogen-bond donors (Lipinski definition) is 1. The lowest BCUT2D eigenvalue weighted by Crippen LogP contribution is -2.10. The van der Waals surface area contributed by atoms with Gasteiger partial charge in [0.05, 0.1) is 0 Å². The first-order valence-corrected chi connectivity index (χ1v) is 3.69. The van der Waals surface area contributed by atoms with Gasteiger partial charge in [0.25, 0.3) is 0 Å². The number of rotatable bonds is 0. The summed E-state index contributed by atoms with van der Waals surface area (Å²) in [5, 5.41) is 0. The van der Waals surface area contributed by atoms with Crippen molar-refractivity contribution in [3.63, 3.8) is 0 Å². The smallest absolute Gasteiger partial charge is 0.118 e. The van der Waals surface area contributed by atoms with Gasteiger partial charge in [-0.05, 0) is 32.8 Å². The van der Waals surface area contributed by atoms with E-state index in [0.29, 0.717) is 11.9 Å². The molecule has 10 heavy (non-hydrogen) atoms. The summed E-state index contributed by atoms with van der Waals surface area (Å²) in [6.07, 6.45) is 4.22. The van der Waals surface area contributed by atoms with Gasteiger partial charge >= 0.3 is 0 Å². The van der Waals surface area contributed by atoms with Crippen LogP contribution in [0.4, 0.5) is 0 Å². The van der Waals surface area contributed by atoms with Crippen molar-refractivity contribution in [2.75, 3.05) is 0 Å². The third-order valence-corrected chi connectivity index (χ3v) is 1.72. The molecule has 0 aromatic heterocycles. The average Bonchev–Trinajstić information content (AvgIpc) is 1.93. The van der Waals surface area contributed by atoms with E-state index in [9.17, 15) is 0 Å². The minimum absolute atomic E-state index is 0.397. The van der Waals surface area contributed by atoms with Crippen LogP contribution in [0.2, 0.25) is 0 Å². The number of nitrogens with zero attached hydrogens (tertiary/aromatic N) is 1. The van der Waals surface area contributed by atoms with E-state index in [1.165, 1.54) is 5.57 Å². The van der Waals surface area contributed by atoms with Gasteiger partial charge in [-0.1, -0.05) is 5.57 Å². The fourth-order valence-corrected chi connectivity index (χ4v) is 1.12. The van der Waals surface area contributed by atoms with Crippen molar-refractivity contribution in [2.24, 2.45) is 10.7 Å². The summed E-state index contributed by atoms with van der Waals surface area (Å²) in [5.74, 6) is 0.683. The van der Waals surface area contributed by atoms with Crippen molar-refractivity contribution in [3.8, 4) is 0 Å². The van der Waals surface area contributed by atoms with E-state index in [4.69, 9.17) is 5.73 Å². The van der Waals surface area contributed by atoms with E-state index in [1.807, 2.05) is 6.08 Å². The quantitative estimate of drug-likeness (QED) is 0.541. The van der Waals surface area contributed by atoms with Crippen LogP contribution >= 0.6 is 0 Å². The molecule has 0 aromatic rings. The van der Waals surface area contributed by atoms with Crippen LogP contribution in [0.25, 0.3) is 0 Å². The van der Waals surface area contributed by atoms with Crippen LogP contribution in [0.3, 0.4) is 0 Å². The number of allylic oxidation sites excluding steroid dienone is 1. The van der Waals surface area contributed by atoms with Crippen molar-refractivity contribution in [3.05, 3.63) is 11.6 Å². The summed E-state index contributed by atoms with van der Waals surface area (Å²) >= 11 is 0. The van der Waals surface area contributed by atoms with Crippen LogP contribution in [0, 0.1) is 0 Å². The maximum Gasteiger partial charge on any atom is 0.118 e. The van der Waals surface area contributed by atoms with Crippen molar-refractivity contribution >= 4 is 5.84 Å². The first-order chi connectivity index (χ1) is 4.68. The lowest BCUT2D eigenvalue weighted by atomic mass is 10.1. The molecule has 0 aliphatic carbocycles. The van der Waals surface area contributed by atoms with Crippen molar-refractivity contribution in [1.29, 1.82) is 0 Å². The van der Waals surface area contributed by atoms with Crippen LogP contribution in [0.1, 0.15) is 26.7 Å². The second-order valence-corrected chi connectivity index (χ2v) is 2.93. The molecule has 0 radical (unpaired) electrons. The molecule has 0 saturated heterocycles. The molecule has 2 heteroatoms. The molecule has 1 aliphatic rings. The number of nitrogens with two attached hydrogens (primary N) is 1. The zero-order chi connectivity index (χ0) is 7.56. The fourth-order valence-electron chi connectivity index (χ4n) is 1.12. The Balaban J connectivity index is 2.72. The maximum absolute atomic E-state index is 5.59. The van der Waals surface area contributed by atoms with Crippen LogP contribution < -0.4 is 5.73 Å². The van der Waals surface area contributed by atoms with Gasteiger partial charge < -0.3 is 5.73 Å². The first kappa shape index (κ1) is 7.32. The molecule has 0 aromatic carbocycles. The Labute approximate surface area is 61.8 Å². The molecule has 2 N–H and O–H groups in total. The molecule has 1 atom stereocenters. The number of hydrogen-bond acceptors (Lipinski definition) is 2. The van der Waals surface area contributed by atoms with Crippen LogP contribution in [-0.2, 0) is 0 Å². The topological polar surface area (TPSA) is 38.4 Å². The zero-order valence-electron chi connectivity index (χ0n) is 6.59. The van der Waals surface area contributed by atoms with Crippen LogP contribution in [0.15, 0.2) is 16.6 Å². The van der Waals surface area contributed by atoms with Crippen molar-refractivity contribution in [2.45, 2.75) is 32.7 Å². The minimum Gasteiger partial charge on any atom is -0.384 e. The largest absolute Gasteiger partial charge is 0.384 e. The monoisotopic (exact) mass is 138 g/mol. The Bertz CT molecular complexity index is 180. The lowest BCUT2D eigenvalue weighted by molar-refractivity contribution is 0.672. The normalized spacial score (nSPS) is 26.8. The van der Waals surface area contributed by atoms with Crippen LogP contribution in [0.5, 0.6) is 0 Å². The summed E-state index contributed by atoms with van der Waals surface area (Å²) in [6, 6.07) is 0.397. The Kier molecular flexibility index (Phi) is 2.10. The summed E-state index contributed by atoms with van der Waals surface area (Å²) in [6.45, 7) is 4.19. The summed E-state index contributed by atoms with van der Waals surface area (Å²) in [4.78, 5) is 4.24. The molecule has 0 bridgehead atoms. The average molecular weight is 138 g/mol. The fraction of sp³-hybridized carbons (Fsp3) is 0.625. The van der Waals surface area contributed by atoms with Gasteiger partial charge in [-0.2, -0.15) is 0 Å². The van der Waals surface area contributed by atoms with Gasteiger partial charge in [0.2, 0.25) is 0 Å². The first-order valence-electron chi connectivity index (χ1n) is 3.69. The van der Waals surface area contributed by atoms with Gasteiger partial charge in [-0.3, -0.25) is 4.99 Å². The molecule has 1 aliphatic heterocycles. The van der Waals surface area contributed by atoms with Gasteiger partial charge in [0, 0.05) is 6.04 Å². The lowest BCUT2D eigenvalue weighted by Gasteiger charge is -2.01. The summed E-state index contributed by atoms with van der Waals surface area (Å²) < 4.78 is 0. The Morgan fingerprint density at radius 2 is 2.40 bits per heavy atom.